The van der Waals surface area contributed by atoms with E-state index in [1.807, 2.05) is 30.3 Å². The second-order valence-electron chi connectivity index (χ2n) is 4.00. The van der Waals surface area contributed by atoms with Gasteiger partial charge in [0.25, 0.3) is 0 Å². The van der Waals surface area contributed by atoms with Crippen LogP contribution in [-0.4, -0.2) is 11.1 Å². The summed E-state index contributed by atoms with van der Waals surface area (Å²) in [6.07, 6.45) is -0.00652. The Hall–Kier alpha value is -1.46. The van der Waals surface area contributed by atoms with Crippen LogP contribution in [-0.2, 0) is 11.2 Å². The summed E-state index contributed by atoms with van der Waals surface area (Å²) in [7, 11) is 0. The molecule has 0 aliphatic carbocycles. The molecule has 0 aliphatic rings. The van der Waals surface area contributed by atoms with Crippen LogP contribution in [0.25, 0.3) is 0 Å². The van der Waals surface area contributed by atoms with E-state index >= 15 is 0 Å². The molecule has 3 nitrogen and oxygen atoms in total. The Bertz CT molecular complexity index is 599. The lowest BCUT2D eigenvalue weighted by atomic mass is 10.1. The van der Waals surface area contributed by atoms with E-state index in [4.69, 9.17) is 10.8 Å². The number of carboxylic acid groups (broad SMARTS) is 1. The van der Waals surface area contributed by atoms with Crippen molar-refractivity contribution in [3.8, 4) is 0 Å². The van der Waals surface area contributed by atoms with Crippen LogP contribution in [0.3, 0.4) is 0 Å². The number of anilines is 1. The van der Waals surface area contributed by atoms with Gasteiger partial charge in [0.1, 0.15) is 0 Å². The van der Waals surface area contributed by atoms with Gasteiger partial charge in [-0.3, -0.25) is 4.79 Å². The van der Waals surface area contributed by atoms with E-state index in [-0.39, 0.29) is 6.42 Å². The van der Waals surface area contributed by atoms with E-state index in [1.165, 1.54) is 0 Å². The van der Waals surface area contributed by atoms with Crippen LogP contribution in [0.5, 0.6) is 0 Å². The maximum Gasteiger partial charge on any atom is 0.307 e. The minimum atomic E-state index is -0.854. The molecule has 0 unspecified atom stereocenters. The highest BCUT2D eigenvalue weighted by Crippen LogP contribution is 2.33. The third-order valence-corrected chi connectivity index (χ3v) is 4.10. The SMILES string of the molecule is Nc1cc(CC(=O)O)ccc1Sc1ccc(Br)cc1. The van der Waals surface area contributed by atoms with Crippen molar-refractivity contribution in [1.29, 1.82) is 0 Å². The molecule has 0 atom stereocenters. The standard InChI is InChI=1S/C14H12BrNO2S/c15-10-2-4-11(5-3-10)19-13-6-1-9(7-12(13)16)8-14(17)18/h1-7H,8,16H2,(H,17,18). The van der Waals surface area contributed by atoms with Gasteiger partial charge in [0.15, 0.2) is 0 Å². The fraction of sp³-hybridized carbons (Fsp3) is 0.0714. The summed E-state index contributed by atoms with van der Waals surface area (Å²) in [6.45, 7) is 0. The highest BCUT2D eigenvalue weighted by Gasteiger charge is 2.06. The fourth-order valence-electron chi connectivity index (χ4n) is 1.61. The molecule has 0 fully saturated rings. The largest absolute Gasteiger partial charge is 0.481 e. The average molecular weight is 338 g/mol. The Morgan fingerprint density at radius 3 is 2.47 bits per heavy atom. The summed E-state index contributed by atoms with van der Waals surface area (Å²) in [5.74, 6) is -0.854. The van der Waals surface area contributed by atoms with Crippen molar-refractivity contribution in [2.45, 2.75) is 16.2 Å². The Morgan fingerprint density at radius 1 is 1.21 bits per heavy atom. The van der Waals surface area contributed by atoms with Crippen LogP contribution < -0.4 is 5.73 Å². The molecular formula is C14H12BrNO2S. The molecule has 0 radical (unpaired) electrons. The summed E-state index contributed by atoms with van der Waals surface area (Å²) >= 11 is 4.95. The monoisotopic (exact) mass is 337 g/mol. The van der Waals surface area contributed by atoms with Gasteiger partial charge in [0.2, 0.25) is 0 Å². The molecular weight excluding hydrogens is 326 g/mol. The van der Waals surface area contributed by atoms with Crippen molar-refractivity contribution in [3.63, 3.8) is 0 Å². The van der Waals surface area contributed by atoms with Gasteiger partial charge in [-0.25, -0.2) is 0 Å². The summed E-state index contributed by atoms with van der Waals surface area (Å²) in [6, 6.07) is 13.3. The second kappa shape index (κ2) is 6.12. The van der Waals surface area contributed by atoms with E-state index in [2.05, 4.69) is 15.9 Å². The van der Waals surface area contributed by atoms with E-state index in [9.17, 15) is 4.79 Å². The molecule has 2 aromatic rings. The van der Waals surface area contributed by atoms with Crippen LogP contribution in [0.2, 0.25) is 0 Å². The molecule has 2 rings (SSSR count). The van der Waals surface area contributed by atoms with E-state index < -0.39 is 5.97 Å². The van der Waals surface area contributed by atoms with E-state index in [0.717, 1.165) is 14.3 Å². The van der Waals surface area contributed by atoms with E-state index in [1.54, 1.807) is 23.9 Å². The summed E-state index contributed by atoms with van der Waals surface area (Å²) in [4.78, 5) is 12.6. The van der Waals surface area contributed by atoms with Crippen LogP contribution >= 0.6 is 27.7 Å². The Balaban J connectivity index is 2.17. The maximum absolute atomic E-state index is 10.6. The van der Waals surface area contributed by atoms with Crippen molar-refractivity contribution in [2.75, 3.05) is 5.73 Å². The highest BCUT2D eigenvalue weighted by atomic mass is 79.9. The molecule has 0 saturated heterocycles. The summed E-state index contributed by atoms with van der Waals surface area (Å²) in [5.41, 5.74) is 7.27. The van der Waals surface area contributed by atoms with Gasteiger partial charge in [-0.1, -0.05) is 33.8 Å². The first-order valence-corrected chi connectivity index (χ1v) is 7.19. The van der Waals surface area contributed by atoms with Crippen LogP contribution in [0, 0.1) is 0 Å². The van der Waals surface area contributed by atoms with Crippen molar-refractivity contribution in [1.82, 2.24) is 0 Å². The maximum atomic E-state index is 10.6. The Morgan fingerprint density at radius 2 is 1.89 bits per heavy atom. The summed E-state index contributed by atoms with van der Waals surface area (Å²) in [5, 5.41) is 8.74. The second-order valence-corrected chi connectivity index (χ2v) is 6.03. The van der Waals surface area contributed by atoms with Crippen molar-refractivity contribution < 1.29 is 9.90 Å². The molecule has 98 valence electrons. The Kier molecular flexibility index (Phi) is 4.50. The number of nitrogen functional groups attached to an aromatic ring is 1. The molecule has 0 aromatic heterocycles. The quantitative estimate of drug-likeness (QED) is 0.832. The minimum Gasteiger partial charge on any atom is -0.481 e. The van der Waals surface area contributed by atoms with Crippen molar-refractivity contribution in [3.05, 3.63) is 52.5 Å². The fourth-order valence-corrected chi connectivity index (χ4v) is 2.71. The highest BCUT2D eigenvalue weighted by molar-refractivity contribution is 9.10. The lowest BCUT2D eigenvalue weighted by molar-refractivity contribution is -0.136. The molecule has 0 aliphatic heterocycles. The smallest absolute Gasteiger partial charge is 0.307 e. The number of carboxylic acids is 1. The first kappa shape index (κ1) is 14.0. The number of halogens is 1. The van der Waals surface area contributed by atoms with Gasteiger partial charge in [-0.15, -0.1) is 0 Å². The third-order valence-electron chi connectivity index (χ3n) is 2.47. The average Bonchev–Trinajstić information content (AvgIpc) is 2.34. The minimum absolute atomic E-state index is 0.00652. The van der Waals surface area contributed by atoms with Gasteiger partial charge in [0, 0.05) is 20.0 Å². The molecule has 0 bridgehead atoms. The zero-order chi connectivity index (χ0) is 13.8. The molecule has 19 heavy (non-hydrogen) atoms. The lowest BCUT2D eigenvalue weighted by Crippen LogP contribution is -2.01. The normalized spacial score (nSPS) is 10.4. The zero-order valence-corrected chi connectivity index (χ0v) is 12.4. The number of hydrogen-bond donors (Lipinski definition) is 2. The van der Waals surface area contributed by atoms with Crippen LogP contribution in [0.15, 0.2) is 56.7 Å². The molecule has 0 saturated carbocycles. The van der Waals surface area contributed by atoms with Gasteiger partial charge in [-0.2, -0.15) is 0 Å². The molecule has 0 amide bonds. The molecule has 0 heterocycles. The number of rotatable bonds is 4. The topological polar surface area (TPSA) is 63.3 Å². The first-order valence-electron chi connectivity index (χ1n) is 5.58. The Labute approximate surface area is 124 Å². The van der Waals surface area contributed by atoms with Gasteiger partial charge >= 0.3 is 5.97 Å². The van der Waals surface area contributed by atoms with E-state index in [0.29, 0.717) is 11.3 Å². The molecule has 5 heteroatoms. The summed E-state index contributed by atoms with van der Waals surface area (Å²) < 4.78 is 1.03. The predicted molar refractivity (Wildman–Crippen MR) is 80.5 cm³/mol. The van der Waals surface area contributed by atoms with Gasteiger partial charge in [0.05, 0.1) is 6.42 Å². The van der Waals surface area contributed by atoms with Crippen LogP contribution in [0.1, 0.15) is 5.56 Å². The number of aliphatic carboxylic acids is 1. The molecule has 3 N–H and O–H groups in total. The number of hydrogen-bond acceptors (Lipinski definition) is 3. The third kappa shape index (κ3) is 4.01. The molecule has 2 aromatic carbocycles. The van der Waals surface area contributed by atoms with Crippen LogP contribution in [0.4, 0.5) is 5.69 Å². The van der Waals surface area contributed by atoms with Gasteiger partial charge < -0.3 is 10.8 Å². The number of nitrogens with two attached hydrogens (primary N) is 1. The molecule has 0 spiro atoms. The lowest BCUT2D eigenvalue weighted by Gasteiger charge is -2.07. The first-order chi connectivity index (χ1) is 9.04. The van der Waals surface area contributed by atoms with Gasteiger partial charge in [-0.05, 0) is 42.0 Å². The zero-order valence-electron chi connectivity index (χ0n) is 9.97. The van der Waals surface area contributed by atoms with Crippen molar-refractivity contribution in [2.24, 2.45) is 0 Å². The van der Waals surface area contributed by atoms with Crippen molar-refractivity contribution >= 4 is 39.3 Å². The number of carbonyl (C=O) groups is 1. The predicted octanol–water partition coefficient (Wildman–Crippen LogP) is 3.81. The number of benzene rings is 2.